The van der Waals surface area contributed by atoms with Crippen LogP contribution in [0.15, 0.2) is 48.6 Å². The predicted octanol–water partition coefficient (Wildman–Crippen LogP) is 18.3. The number of rotatable bonds is 50. The molecule has 64 heavy (non-hydrogen) atoms. The van der Waals surface area contributed by atoms with Crippen molar-refractivity contribution in [1.82, 2.24) is 0 Å². The number of hydrogen-bond donors (Lipinski definition) is 0. The minimum Gasteiger partial charge on any atom is -0.462 e. The van der Waals surface area contributed by atoms with Gasteiger partial charge in [-0.15, -0.1) is 0 Å². The molecule has 0 aromatic carbocycles. The van der Waals surface area contributed by atoms with Gasteiger partial charge >= 0.3 is 17.9 Å². The highest BCUT2D eigenvalue weighted by Crippen LogP contribution is 2.16. The molecule has 0 spiro atoms. The Bertz CT molecular complexity index is 1120. The van der Waals surface area contributed by atoms with Crippen LogP contribution >= 0.6 is 0 Å². The average Bonchev–Trinajstić information content (AvgIpc) is 3.29. The molecule has 372 valence electrons. The second kappa shape index (κ2) is 53.0. The molecule has 0 aliphatic carbocycles. The molecule has 0 heterocycles. The summed E-state index contributed by atoms with van der Waals surface area (Å²) in [5, 5.41) is 0. The Labute approximate surface area is 397 Å². The number of allylic oxidation sites excluding steroid dienone is 8. The van der Waals surface area contributed by atoms with Crippen LogP contribution in [0.5, 0.6) is 0 Å². The fourth-order valence-electron chi connectivity index (χ4n) is 7.92. The highest BCUT2D eigenvalue weighted by Gasteiger charge is 2.19. The zero-order chi connectivity index (χ0) is 46.5. The minimum atomic E-state index is -0.781. The van der Waals surface area contributed by atoms with Gasteiger partial charge in [0.15, 0.2) is 6.10 Å². The maximum absolute atomic E-state index is 12.8. The topological polar surface area (TPSA) is 78.9 Å². The van der Waals surface area contributed by atoms with Crippen molar-refractivity contribution in [1.29, 1.82) is 0 Å². The molecular weight excluding hydrogens is 793 g/mol. The van der Waals surface area contributed by atoms with E-state index in [4.69, 9.17) is 14.2 Å². The van der Waals surface area contributed by atoms with Crippen molar-refractivity contribution in [3.05, 3.63) is 48.6 Å². The third-order valence-electron chi connectivity index (χ3n) is 12.1. The first-order valence-corrected chi connectivity index (χ1v) is 27.6. The maximum Gasteiger partial charge on any atom is 0.306 e. The molecule has 0 radical (unpaired) electrons. The van der Waals surface area contributed by atoms with E-state index in [1.165, 1.54) is 148 Å². The zero-order valence-corrected chi connectivity index (χ0v) is 42.6. The first kappa shape index (κ1) is 61.4. The van der Waals surface area contributed by atoms with Crippen molar-refractivity contribution < 1.29 is 28.6 Å². The maximum atomic E-state index is 12.8. The summed E-state index contributed by atoms with van der Waals surface area (Å²) in [6.45, 7) is 6.53. The molecular formula is C58H104O6. The number of carbonyl (C=O) groups is 3. The molecule has 6 heteroatoms. The smallest absolute Gasteiger partial charge is 0.306 e. The van der Waals surface area contributed by atoms with E-state index in [9.17, 15) is 14.4 Å². The summed E-state index contributed by atoms with van der Waals surface area (Å²) in [7, 11) is 0. The summed E-state index contributed by atoms with van der Waals surface area (Å²) in [5.74, 6) is -0.889. The Kier molecular flexibility index (Phi) is 50.8. The molecule has 0 rings (SSSR count). The van der Waals surface area contributed by atoms with Gasteiger partial charge in [0.2, 0.25) is 0 Å². The second-order valence-electron chi connectivity index (χ2n) is 18.5. The van der Waals surface area contributed by atoms with Gasteiger partial charge in [-0.2, -0.15) is 0 Å². The summed E-state index contributed by atoms with van der Waals surface area (Å²) >= 11 is 0. The number of carbonyl (C=O) groups excluding carboxylic acids is 3. The molecule has 0 amide bonds. The van der Waals surface area contributed by atoms with Crippen LogP contribution in [0.4, 0.5) is 0 Å². The van der Waals surface area contributed by atoms with E-state index in [2.05, 4.69) is 69.4 Å². The standard InChI is InChI=1S/C58H104O6/c1-4-7-10-13-16-19-22-25-27-28-29-31-33-36-39-42-45-48-51-57(60)63-54-55(53-62-56(59)50-47-44-41-38-35-32-24-21-18-15-12-9-6-3)64-58(61)52-49-46-43-40-37-34-30-26-23-20-17-14-11-8-5-2/h8,11,17,20,26-28,30,55H,4-7,9-10,12-16,18-19,21-25,29,31-54H2,1-3H3/b11-8-,20-17-,28-27-,30-26-. The SMILES string of the molecule is CC/C=C\C/C=C\C/C=C\CCCCCCCC(=O)OC(COC(=O)CCCCCCCCC/C=C\CCCCCCCCC)COC(=O)CCCCCCCCCCCCCCC. The quantitative estimate of drug-likeness (QED) is 0.0262. The highest BCUT2D eigenvalue weighted by atomic mass is 16.6. The van der Waals surface area contributed by atoms with Gasteiger partial charge in [-0.25, -0.2) is 0 Å². The van der Waals surface area contributed by atoms with E-state index in [-0.39, 0.29) is 31.1 Å². The van der Waals surface area contributed by atoms with Crippen LogP contribution < -0.4 is 0 Å². The lowest BCUT2D eigenvalue weighted by Crippen LogP contribution is -2.30. The molecule has 0 saturated carbocycles. The van der Waals surface area contributed by atoms with Crippen LogP contribution in [-0.4, -0.2) is 37.2 Å². The lowest BCUT2D eigenvalue weighted by atomic mass is 10.0. The number of unbranched alkanes of at least 4 members (excludes halogenated alkanes) is 31. The molecule has 0 bridgehead atoms. The summed E-state index contributed by atoms with van der Waals surface area (Å²) in [5.41, 5.74) is 0. The van der Waals surface area contributed by atoms with Crippen molar-refractivity contribution in [3.63, 3.8) is 0 Å². The molecule has 1 unspecified atom stereocenters. The lowest BCUT2D eigenvalue weighted by molar-refractivity contribution is -0.167. The van der Waals surface area contributed by atoms with Gasteiger partial charge in [-0.3, -0.25) is 14.4 Å². The normalized spacial score (nSPS) is 12.4. The highest BCUT2D eigenvalue weighted by molar-refractivity contribution is 5.71. The largest absolute Gasteiger partial charge is 0.462 e. The molecule has 6 nitrogen and oxygen atoms in total. The Balaban J connectivity index is 4.37. The fraction of sp³-hybridized carbons (Fsp3) is 0.810. The van der Waals surface area contributed by atoms with Crippen molar-refractivity contribution in [2.75, 3.05) is 13.2 Å². The molecule has 0 aromatic rings. The summed E-state index contributed by atoms with van der Waals surface area (Å²) < 4.78 is 16.8. The van der Waals surface area contributed by atoms with Gasteiger partial charge in [0.1, 0.15) is 13.2 Å². The number of hydrogen-bond acceptors (Lipinski definition) is 6. The van der Waals surface area contributed by atoms with Crippen LogP contribution in [0.3, 0.4) is 0 Å². The molecule has 1 atom stereocenters. The second-order valence-corrected chi connectivity index (χ2v) is 18.5. The van der Waals surface area contributed by atoms with Crippen LogP contribution in [-0.2, 0) is 28.6 Å². The zero-order valence-electron chi connectivity index (χ0n) is 42.6. The summed E-state index contributed by atoms with van der Waals surface area (Å²) in [6, 6.07) is 0. The predicted molar refractivity (Wildman–Crippen MR) is 275 cm³/mol. The van der Waals surface area contributed by atoms with Crippen LogP contribution in [0, 0.1) is 0 Å². The molecule has 0 fully saturated rings. The Morgan fingerprint density at radius 1 is 0.328 bits per heavy atom. The summed E-state index contributed by atoms with van der Waals surface area (Å²) in [6.07, 6.45) is 63.8. The monoisotopic (exact) mass is 897 g/mol. The Morgan fingerprint density at radius 3 is 0.969 bits per heavy atom. The molecule has 0 N–H and O–H groups in total. The Morgan fingerprint density at radius 2 is 0.609 bits per heavy atom. The first-order valence-electron chi connectivity index (χ1n) is 27.6. The average molecular weight is 897 g/mol. The van der Waals surface area contributed by atoms with Crippen molar-refractivity contribution in [2.45, 2.75) is 290 Å². The van der Waals surface area contributed by atoms with Crippen LogP contribution in [0.2, 0.25) is 0 Å². The van der Waals surface area contributed by atoms with Gasteiger partial charge in [0, 0.05) is 19.3 Å². The van der Waals surface area contributed by atoms with E-state index in [1.54, 1.807) is 0 Å². The minimum absolute atomic E-state index is 0.0789. The van der Waals surface area contributed by atoms with E-state index in [1.807, 2.05) is 0 Å². The molecule has 0 aliphatic heterocycles. The Hall–Kier alpha value is -2.63. The van der Waals surface area contributed by atoms with Crippen LogP contribution in [0.1, 0.15) is 284 Å². The number of esters is 3. The van der Waals surface area contributed by atoms with E-state index < -0.39 is 6.10 Å². The van der Waals surface area contributed by atoms with Crippen molar-refractivity contribution >= 4 is 17.9 Å². The third-order valence-corrected chi connectivity index (χ3v) is 12.1. The van der Waals surface area contributed by atoms with Gasteiger partial charge in [-0.05, 0) is 77.0 Å². The lowest BCUT2D eigenvalue weighted by Gasteiger charge is -2.18. The third kappa shape index (κ3) is 50.4. The van der Waals surface area contributed by atoms with E-state index >= 15 is 0 Å². The molecule has 0 aromatic heterocycles. The summed E-state index contributed by atoms with van der Waals surface area (Å²) in [4.78, 5) is 38.1. The van der Waals surface area contributed by atoms with Gasteiger partial charge < -0.3 is 14.2 Å². The fourth-order valence-corrected chi connectivity index (χ4v) is 7.92. The van der Waals surface area contributed by atoms with E-state index in [0.29, 0.717) is 19.3 Å². The molecule has 0 saturated heterocycles. The van der Waals surface area contributed by atoms with Gasteiger partial charge in [0.05, 0.1) is 0 Å². The van der Waals surface area contributed by atoms with Gasteiger partial charge in [-0.1, -0.05) is 236 Å². The van der Waals surface area contributed by atoms with Crippen molar-refractivity contribution in [2.24, 2.45) is 0 Å². The van der Waals surface area contributed by atoms with Crippen molar-refractivity contribution in [3.8, 4) is 0 Å². The first-order chi connectivity index (χ1) is 31.5. The van der Waals surface area contributed by atoms with Crippen LogP contribution in [0.25, 0.3) is 0 Å². The van der Waals surface area contributed by atoms with Gasteiger partial charge in [0.25, 0.3) is 0 Å². The van der Waals surface area contributed by atoms with E-state index in [0.717, 1.165) is 96.3 Å². The molecule has 0 aliphatic rings. The number of ether oxygens (including phenoxy) is 3.